The second kappa shape index (κ2) is 2.27. The number of hydrogen-bond donors (Lipinski definition) is 0. The second-order valence-corrected chi connectivity index (χ2v) is 4.40. The number of hydrogen-bond acceptors (Lipinski definition) is 1. The molecule has 8 heavy (non-hydrogen) atoms. The molecule has 0 spiro atoms. The minimum atomic E-state index is -1.24. The highest BCUT2D eigenvalue weighted by molar-refractivity contribution is 7.88. The first-order valence-corrected chi connectivity index (χ1v) is 3.42. The summed E-state index contributed by atoms with van der Waals surface area (Å²) in [7, 11) is -1.24. The minimum Gasteiger partial charge on any atom is -0.168 e. The van der Waals surface area contributed by atoms with Crippen molar-refractivity contribution in [2.75, 3.05) is 0 Å². The molecule has 2 nitrogen and oxygen atoms in total. The van der Waals surface area contributed by atoms with E-state index in [1.54, 1.807) is 0 Å². The summed E-state index contributed by atoms with van der Waals surface area (Å²) in [4.78, 5) is 0. The van der Waals surface area contributed by atoms with Crippen molar-refractivity contribution in [2.24, 2.45) is 0 Å². The molecule has 1 atom stereocenters. The van der Waals surface area contributed by atoms with Gasteiger partial charge in [0.05, 0.1) is 0 Å². The van der Waals surface area contributed by atoms with E-state index >= 15 is 0 Å². The van der Waals surface area contributed by atoms with Gasteiger partial charge in [0.25, 0.3) is 6.57 Å². The van der Waals surface area contributed by atoms with Gasteiger partial charge in [0.2, 0.25) is 0 Å². The second-order valence-electron chi connectivity index (χ2n) is 2.47. The topological polar surface area (TPSA) is 21.4 Å². The summed E-state index contributed by atoms with van der Waals surface area (Å²) in [6.07, 6.45) is 0. The maximum absolute atomic E-state index is 10.7. The SMILES string of the molecule is C#[N+][S@](=O)C(C)(C)C. The molecule has 0 N–H and O–H groups in total. The third-order valence-corrected chi connectivity index (χ3v) is 1.86. The van der Waals surface area contributed by atoms with Gasteiger partial charge in [-0.15, -0.1) is 0 Å². The van der Waals surface area contributed by atoms with Crippen molar-refractivity contribution in [3.8, 4) is 6.57 Å². The van der Waals surface area contributed by atoms with Crippen LogP contribution in [0, 0.1) is 6.57 Å². The van der Waals surface area contributed by atoms with Crippen LogP contribution >= 0.6 is 0 Å². The van der Waals surface area contributed by atoms with Gasteiger partial charge < -0.3 is 0 Å². The van der Waals surface area contributed by atoms with Crippen LogP contribution in [-0.2, 0) is 11.0 Å². The third kappa shape index (κ3) is 2.08. The van der Waals surface area contributed by atoms with Crippen LogP contribution in [0.4, 0.5) is 0 Å². The molecule has 0 amide bonds. The number of nitrogens with zero attached hydrogens (tertiary/aromatic N) is 1. The Bertz CT molecular complexity index is 139. The molecule has 0 unspecified atom stereocenters. The lowest BCUT2D eigenvalue weighted by Crippen LogP contribution is -2.18. The highest BCUT2D eigenvalue weighted by Gasteiger charge is 2.27. The van der Waals surface area contributed by atoms with Crippen LogP contribution in [0.15, 0.2) is 0 Å². The number of rotatable bonds is 0. The first-order valence-electron chi connectivity index (χ1n) is 2.31. The van der Waals surface area contributed by atoms with Gasteiger partial charge in [-0.3, -0.25) is 0 Å². The lowest BCUT2D eigenvalue weighted by atomic mass is 10.3. The van der Waals surface area contributed by atoms with Crippen LogP contribution < -0.4 is 0 Å². The standard InChI is InChI=1S/C5H10NOS/c1-5(2,3)8(7)6-4/h4H,1-3H3/q+1/t8-/m1/s1. The zero-order valence-electron chi connectivity index (χ0n) is 5.34. The van der Waals surface area contributed by atoms with Crippen LogP contribution in [0.2, 0.25) is 0 Å². The van der Waals surface area contributed by atoms with Gasteiger partial charge in [-0.25, -0.2) is 0 Å². The molecule has 0 aliphatic carbocycles. The molecule has 0 aliphatic rings. The zero-order valence-corrected chi connectivity index (χ0v) is 6.16. The van der Waals surface area contributed by atoms with E-state index in [4.69, 9.17) is 6.57 Å². The molecule has 0 heterocycles. The molecule has 0 saturated carbocycles. The van der Waals surface area contributed by atoms with E-state index in [9.17, 15) is 4.21 Å². The Balaban J connectivity index is 4.09. The fraction of sp³-hybridized carbons (Fsp3) is 0.800. The summed E-state index contributed by atoms with van der Waals surface area (Å²) in [5, 5.41) is 0. The van der Waals surface area contributed by atoms with Crippen molar-refractivity contribution in [1.82, 2.24) is 0 Å². The lowest BCUT2D eigenvalue weighted by Gasteiger charge is -2.01. The Kier molecular flexibility index (Phi) is 2.17. The van der Waals surface area contributed by atoms with E-state index in [1.807, 2.05) is 20.8 Å². The van der Waals surface area contributed by atoms with Gasteiger partial charge in [0.15, 0.2) is 0 Å². The summed E-state index contributed by atoms with van der Waals surface area (Å²) in [5.74, 6) is 0. The van der Waals surface area contributed by atoms with E-state index in [0.29, 0.717) is 0 Å². The zero-order chi connectivity index (χ0) is 6.78. The molecule has 0 saturated heterocycles. The molecular weight excluding hydrogens is 122 g/mol. The predicted molar refractivity (Wildman–Crippen MR) is 36.2 cm³/mol. The molecular formula is C5H10NOS+. The smallest absolute Gasteiger partial charge is 0.168 e. The molecule has 46 valence electrons. The predicted octanol–water partition coefficient (Wildman–Crippen LogP) is 1.41. The summed E-state index contributed by atoms with van der Waals surface area (Å²) in [6.45, 7) is 10.2. The first kappa shape index (κ1) is 7.64. The highest BCUT2D eigenvalue weighted by Crippen LogP contribution is 2.10. The van der Waals surface area contributed by atoms with Crippen molar-refractivity contribution < 1.29 is 4.21 Å². The molecule has 0 aliphatic heterocycles. The molecule has 0 aromatic heterocycles. The van der Waals surface area contributed by atoms with Crippen molar-refractivity contribution in [1.29, 1.82) is 0 Å². The third-order valence-electron chi connectivity index (χ3n) is 0.620. The molecule has 0 aromatic carbocycles. The van der Waals surface area contributed by atoms with Crippen molar-refractivity contribution in [2.45, 2.75) is 25.5 Å². The van der Waals surface area contributed by atoms with Crippen LogP contribution in [-0.4, -0.2) is 8.96 Å². The fourth-order valence-corrected chi connectivity index (χ4v) is 0.474. The minimum absolute atomic E-state index is 0.311. The first-order chi connectivity index (χ1) is 3.48. The monoisotopic (exact) mass is 132 g/mol. The average Bonchev–Trinajstić information content (AvgIpc) is 1.62. The normalized spacial score (nSPS) is 14.8. The van der Waals surface area contributed by atoms with Crippen LogP contribution in [0.25, 0.3) is 4.25 Å². The quantitative estimate of drug-likeness (QED) is 0.488. The van der Waals surface area contributed by atoms with Gasteiger partial charge in [-0.2, -0.15) is 4.21 Å². The van der Waals surface area contributed by atoms with Crippen molar-refractivity contribution in [3.05, 3.63) is 4.25 Å². The van der Waals surface area contributed by atoms with Gasteiger partial charge in [-0.1, -0.05) is 0 Å². The molecule has 0 bridgehead atoms. The maximum atomic E-state index is 10.7. The van der Waals surface area contributed by atoms with E-state index < -0.39 is 11.0 Å². The summed E-state index contributed by atoms with van der Waals surface area (Å²) < 4.78 is 13.5. The summed E-state index contributed by atoms with van der Waals surface area (Å²) in [6, 6.07) is 0. The van der Waals surface area contributed by atoms with Crippen LogP contribution in [0.5, 0.6) is 0 Å². The Labute approximate surface area is 52.3 Å². The van der Waals surface area contributed by atoms with Gasteiger partial charge in [-0.05, 0) is 20.8 Å². The Morgan fingerprint density at radius 1 is 1.50 bits per heavy atom. The van der Waals surface area contributed by atoms with Gasteiger partial charge >= 0.3 is 11.0 Å². The molecule has 0 radical (unpaired) electrons. The van der Waals surface area contributed by atoms with Gasteiger partial charge in [0.1, 0.15) is 4.75 Å². The van der Waals surface area contributed by atoms with E-state index in [2.05, 4.69) is 4.25 Å². The fourth-order valence-electron chi connectivity index (χ4n) is 0.158. The van der Waals surface area contributed by atoms with E-state index in [0.717, 1.165) is 0 Å². The largest absolute Gasteiger partial charge is 0.417 e. The average molecular weight is 132 g/mol. The Morgan fingerprint density at radius 3 is 1.88 bits per heavy atom. The summed E-state index contributed by atoms with van der Waals surface area (Å²) in [5.41, 5.74) is 0. The van der Waals surface area contributed by atoms with Gasteiger partial charge in [0, 0.05) is 4.25 Å². The Morgan fingerprint density at radius 2 is 1.88 bits per heavy atom. The molecule has 0 rings (SSSR count). The molecule has 0 fully saturated rings. The molecule has 0 aromatic rings. The maximum Gasteiger partial charge on any atom is 0.417 e. The summed E-state index contributed by atoms with van der Waals surface area (Å²) >= 11 is 0. The van der Waals surface area contributed by atoms with E-state index in [-0.39, 0.29) is 4.75 Å². The van der Waals surface area contributed by atoms with E-state index in [1.165, 1.54) is 0 Å². The highest BCUT2D eigenvalue weighted by atomic mass is 32.2. The van der Waals surface area contributed by atoms with Crippen LogP contribution in [0.1, 0.15) is 20.8 Å². The lowest BCUT2D eigenvalue weighted by molar-refractivity contribution is 0.656. The van der Waals surface area contributed by atoms with Crippen molar-refractivity contribution >= 4 is 11.0 Å². The van der Waals surface area contributed by atoms with Crippen LogP contribution in [0.3, 0.4) is 0 Å². The molecule has 3 heteroatoms. The van der Waals surface area contributed by atoms with Crippen molar-refractivity contribution in [3.63, 3.8) is 0 Å². The Hall–Kier alpha value is -0.360.